The molecule has 18 heavy (non-hydrogen) atoms. The second-order valence-electron chi connectivity index (χ2n) is 4.67. The molecule has 0 saturated carbocycles. The fourth-order valence-corrected chi connectivity index (χ4v) is 2.11. The van der Waals surface area contributed by atoms with Gasteiger partial charge in [-0.2, -0.15) is 0 Å². The molecule has 1 heterocycles. The monoisotopic (exact) mass is 246 g/mol. The van der Waals surface area contributed by atoms with Crippen LogP contribution in [0.15, 0.2) is 30.3 Å². The van der Waals surface area contributed by atoms with Crippen LogP contribution in [0.2, 0.25) is 0 Å². The van der Waals surface area contributed by atoms with Crippen molar-refractivity contribution in [1.29, 1.82) is 0 Å². The Kier molecular flexibility index (Phi) is 3.65. The van der Waals surface area contributed by atoms with E-state index in [1.54, 1.807) is 0 Å². The van der Waals surface area contributed by atoms with Crippen molar-refractivity contribution in [3.63, 3.8) is 0 Å². The Hall–Kier alpha value is -1.84. The summed E-state index contributed by atoms with van der Waals surface area (Å²) in [5.41, 5.74) is 1.06. The number of hydrogen-bond acceptors (Lipinski definition) is 2. The molecule has 0 spiro atoms. The first kappa shape index (κ1) is 12.6. The van der Waals surface area contributed by atoms with E-state index in [1.165, 1.54) is 4.90 Å². The highest BCUT2D eigenvalue weighted by atomic mass is 16.2. The van der Waals surface area contributed by atoms with E-state index in [-0.39, 0.29) is 23.9 Å². The van der Waals surface area contributed by atoms with Crippen molar-refractivity contribution < 1.29 is 9.59 Å². The maximum Gasteiger partial charge on any atom is 0.324 e. The Morgan fingerprint density at radius 3 is 2.61 bits per heavy atom. The first-order chi connectivity index (χ1) is 8.63. The van der Waals surface area contributed by atoms with E-state index >= 15 is 0 Å². The predicted octanol–water partition coefficient (Wildman–Crippen LogP) is 2.33. The molecular weight excluding hydrogens is 228 g/mol. The van der Waals surface area contributed by atoms with E-state index in [1.807, 2.05) is 44.2 Å². The lowest BCUT2D eigenvalue weighted by Crippen LogP contribution is -2.57. The van der Waals surface area contributed by atoms with E-state index in [4.69, 9.17) is 0 Å². The second kappa shape index (κ2) is 5.21. The zero-order valence-corrected chi connectivity index (χ0v) is 10.7. The van der Waals surface area contributed by atoms with Gasteiger partial charge in [0.25, 0.3) is 0 Å². The molecule has 1 fully saturated rings. The smallest absolute Gasteiger partial charge is 0.324 e. The molecule has 2 rings (SSSR count). The molecule has 0 aromatic heterocycles. The van der Waals surface area contributed by atoms with Gasteiger partial charge in [0, 0.05) is 6.54 Å². The van der Waals surface area contributed by atoms with Crippen LogP contribution in [0, 0.1) is 5.92 Å². The van der Waals surface area contributed by atoms with Gasteiger partial charge in [0.1, 0.15) is 0 Å². The molecule has 1 aromatic rings. The average Bonchev–Trinajstić information content (AvgIpc) is 2.42. The standard InChI is InChI=1S/C14H18N2O2/c1-3-12(11-7-5-4-6-8-11)15-14(18)16-9-10(2)13(16)17/h4-8,10,12H,3,9H2,1-2H3,(H,15,18)/t10?,12-/m1/s1. The van der Waals surface area contributed by atoms with Gasteiger partial charge in [-0.1, -0.05) is 44.2 Å². The van der Waals surface area contributed by atoms with Crippen molar-refractivity contribution in [3.8, 4) is 0 Å². The van der Waals surface area contributed by atoms with Crippen LogP contribution in [0.25, 0.3) is 0 Å². The first-order valence-corrected chi connectivity index (χ1v) is 6.30. The lowest BCUT2D eigenvalue weighted by atomic mass is 10.0. The molecule has 1 saturated heterocycles. The van der Waals surface area contributed by atoms with Crippen LogP contribution in [0.5, 0.6) is 0 Å². The van der Waals surface area contributed by atoms with Crippen molar-refractivity contribution in [1.82, 2.24) is 10.2 Å². The Labute approximate surface area is 107 Å². The number of β-lactam (4-membered cyclic amide) rings is 1. The maximum absolute atomic E-state index is 11.9. The number of rotatable bonds is 3. The summed E-state index contributed by atoms with van der Waals surface area (Å²) in [7, 11) is 0. The summed E-state index contributed by atoms with van der Waals surface area (Å²) in [6, 6.07) is 9.47. The molecule has 1 unspecified atom stereocenters. The highest BCUT2D eigenvalue weighted by molar-refractivity contribution is 6.00. The van der Waals surface area contributed by atoms with E-state index < -0.39 is 0 Å². The van der Waals surface area contributed by atoms with Crippen molar-refractivity contribution in [2.75, 3.05) is 6.54 Å². The predicted molar refractivity (Wildman–Crippen MR) is 68.9 cm³/mol. The minimum absolute atomic E-state index is 0.0208. The van der Waals surface area contributed by atoms with Crippen molar-refractivity contribution in [3.05, 3.63) is 35.9 Å². The van der Waals surface area contributed by atoms with E-state index in [0.29, 0.717) is 6.54 Å². The number of urea groups is 1. The molecule has 96 valence electrons. The highest BCUT2D eigenvalue weighted by Crippen LogP contribution is 2.20. The van der Waals surface area contributed by atoms with E-state index in [9.17, 15) is 9.59 Å². The molecule has 1 aliphatic heterocycles. The number of benzene rings is 1. The summed E-state index contributed by atoms with van der Waals surface area (Å²) in [6.07, 6.45) is 0.799. The normalized spacial score (nSPS) is 20.2. The van der Waals surface area contributed by atoms with Gasteiger partial charge in [-0.3, -0.25) is 9.69 Å². The molecule has 4 nitrogen and oxygen atoms in total. The molecule has 0 bridgehead atoms. The average molecular weight is 246 g/mol. The summed E-state index contributed by atoms with van der Waals surface area (Å²) < 4.78 is 0. The molecule has 1 aliphatic rings. The van der Waals surface area contributed by atoms with Crippen LogP contribution in [-0.4, -0.2) is 23.4 Å². The Balaban J connectivity index is 1.99. The van der Waals surface area contributed by atoms with Gasteiger partial charge in [-0.15, -0.1) is 0 Å². The number of nitrogens with one attached hydrogen (secondary N) is 1. The Morgan fingerprint density at radius 1 is 1.44 bits per heavy atom. The van der Waals surface area contributed by atoms with Gasteiger partial charge in [0.15, 0.2) is 0 Å². The summed E-state index contributed by atoms with van der Waals surface area (Å²) in [5.74, 6) is -0.108. The van der Waals surface area contributed by atoms with Crippen LogP contribution in [0.3, 0.4) is 0 Å². The molecule has 0 aliphatic carbocycles. The van der Waals surface area contributed by atoms with Crippen LogP contribution in [0.4, 0.5) is 4.79 Å². The lowest BCUT2D eigenvalue weighted by molar-refractivity contribution is -0.141. The highest BCUT2D eigenvalue weighted by Gasteiger charge is 2.37. The molecule has 4 heteroatoms. The molecule has 2 atom stereocenters. The van der Waals surface area contributed by atoms with Crippen molar-refractivity contribution in [2.45, 2.75) is 26.3 Å². The summed E-state index contributed by atoms with van der Waals surface area (Å²) in [5, 5.41) is 2.90. The molecule has 0 radical (unpaired) electrons. The van der Waals surface area contributed by atoms with Crippen molar-refractivity contribution in [2.24, 2.45) is 5.92 Å². The number of carbonyl (C=O) groups excluding carboxylic acids is 2. The zero-order valence-electron chi connectivity index (χ0n) is 10.7. The van der Waals surface area contributed by atoms with Crippen LogP contribution in [0.1, 0.15) is 31.9 Å². The van der Waals surface area contributed by atoms with Gasteiger partial charge >= 0.3 is 6.03 Å². The number of likely N-dealkylation sites (tertiary alicyclic amines) is 1. The van der Waals surface area contributed by atoms with E-state index in [0.717, 1.165) is 12.0 Å². The first-order valence-electron chi connectivity index (χ1n) is 6.30. The lowest BCUT2D eigenvalue weighted by Gasteiger charge is -2.35. The number of imide groups is 1. The minimum Gasteiger partial charge on any atom is -0.331 e. The quantitative estimate of drug-likeness (QED) is 0.832. The second-order valence-corrected chi connectivity index (χ2v) is 4.67. The van der Waals surface area contributed by atoms with Crippen LogP contribution < -0.4 is 5.32 Å². The van der Waals surface area contributed by atoms with Gasteiger partial charge < -0.3 is 5.32 Å². The van der Waals surface area contributed by atoms with Crippen molar-refractivity contribution >= 4 is 11.9 Å². The fourth-order valence-electron chi connectivity index (χ4n) is 2.11. The van der Waals surface area contributed by atoms with Crippen LogP contribution >= 0.6 is 0 Å². The summed E-state index contributed by atoms with van der Waals surface area (Å²) in [4.78, 5) is 24.7. The molecular formula is C14H18N2O2. The Morgan fingerprint density at radius 2 is 2.11 bits per heavy atom. The number of amides is 3. The van der Waals surface area contributed by atoms with Gasteiger partial charge in [0.05, 0.1) is 12.0 Å². The third kappa shape index (κ3) is 2.37. The van der Waals surface area contributed by atoms with Gasteiger partial charge in [0.2, 0.25) is 5.91 Å². The number of carbonyl (C=O) groups is 2. The van der Waals surface area contributed by atoms with Crippen LogP contribution in [-0.2, 0) is 4.79 Å². The summed E-state index contributed by atoms with van der Waals surface area (Å²) >= 11 is 0. The molecule has 3 amide bonds. The van der Waals surface area contributed by atoms with Gasteiger partial charge in [-0.05, 0) is 12.0 Å². The summed E-state index contributed by atoms with van der Waals surface area (Å²) in [6.45, 7) is 4.37. The van der Waals surface area contributed by atoms with Gasteiger partial charge in [-0.25, -0.2) is 4.79 Å². The fraction of sp³-hybridized carbons (Fsp3) is 0.429. The Bertz CT molecular complexity index is 444. The maximum atomic E-state index is 11.9. The number of hydrogen-bond donors (Lipinski definition) is 1. The van der Waals surface area contributed by atoms with E-state index in [2.05, 4.69) is 5.32 Å². The minimum atomic E-state index is -0.284. The number of nitrogens with zero attached hydrogens (tertiary/aromatic N) is 1. The molecule has 1 N–H and O–H groups in total. The largest absolute Gasteiger partial charge is 0.331 e. The zero-order chi connectivity index (χ0) is 13.1. The molecule has 1 aromatic carbocycles. The third-order valence-corrected chi connectivity index (χ3v) is 3.30. The third-order valence-electron chi connectivity index (χ3n) is 3.30. The SMILES string of the molecule is CC[C@@H](NC(=O)N1CC(C)C1=O)c1ccccc1. The topological polar surface area (TPSA) is 49.4 Å².